The molecule has 0 bridgehead atoms. The number of hydrogen-bond donors (Lipinski definition) is 2. The molecule has 0 aliphatic carbocycles. The van der Waals surface area contributed by atoms with Crippen LogP contribution in [0.2, 0.25) is 10.0 Å². The highest BCUT2D eigenvalue weighted by Gasteiger charge is 2.16. The molecule has 108 valence electrons. The average molecular weight is 323 g/mol. The molecule has 3 rings (SSSR count). The lowest BCUT2D eigenvalue weighted by molar-refractivity contribution is 0.835. The van der Waals surface area contributed by atoms with Gasteiger partial charge in [0.25, 0.3) is 5.56 Å². The number of rotatable bonds is 2. The van der Waals surface area contributed by atoms with Gasteiger partial charge in [0.1, 0.15) is 0 Å². The molecule has 0 fully saturated rings. The molecule has 2 heterocycles. The van der Waals surface area contributed by atoms with Gasteiger partial charge in [-0.15, -0.1) is 0 Å². The zero-order valence-corrected chi connectivity index (χ0v) is 12.9. The molecule has 0 unspecified atom stereocenters. The first-order valence-electron chi connectivity index (χ1n) is 6.27. The van der Waals surface area contributed by atoms with Crippen LogP contribution in [0.15, 0.2) is 29.1 Å². The van der Waals surface area contributed by atoms with Crippen molar-refractivity contribution in [2.75, 3.05) is 0 Å². The van der Waals surface area contributed by atoms with Crippen LogP contribution in [0.5, 0.6) is 0 Å². The third-order valence-corrected chi connectivity index (χ3v) is 3.93. The maximum Gasteiger partial charge on any atom is 0.281 e. The summed E-state index contributed by atoms with van der Waals surface area (Å²) in [4.78, 5) is 12.6. The summed E-state index contributed by atoms with van der Waals surface area (Å²) in [5.74, 6) is 0. The van der Waals surface area contributed by atoms with E-state index in [9.17, 15) is 4.79 Å². The zero-order chi connectivity index (χ0) is 15.1. The van der Waals surface area contributed by atoms with Crippen molar-refractivity contribution in [3.63, 3.8) is 0 Å². The minimum Gasteiger partial charge on any atom is -0.295 e. The molecule has 2 aromatic heterocycles. The molecule has 1 aromatic carbocycles. The van der Waals surface area contributed by atoms with Gasteiger partial charge in [-0.1, -0.05) is 23.2 Å². The predicted molar refractivity (Wildman–Crippen MR) is 83.5 cm³/mol. The molecular formula is C14H12Cl2N4O. The molecule has 0 amide bonds. The van der Waals surface area contributed by atoms with Gasteiger partial charge in [-0.3, -0.25) is 15.0 Å². The number of nitrogens with zero attached hydrogens (tertiary/aromatic N) is 2. The number of aromatic amines is 2. The van der Waals surface area contributed by atoms with Crippen LogP contribution in [0.3, 0.4) is 0 Å². The van der Waals surface area contributed by atoms with Crippen molar-refractivity contribution in [1.82, 2.24) is 20.0 Å². The Labute approximate surface area is 130 Å². The van der Waals surface area contributed by atoms with Gasteiger partial charge in [-0.25, -0.2) is 4.68 Å². The Morgan fingerprint density at radius 3 is 2.52 bits per heavy atom. The Hall–Kier alpha value is -1.98. The van der Waals surface area contributed by atoms with Gasteiger partial charge in [0.05, 0.1) is 27.0 Å². The maximum absolute atomic E-state index is 12.6. The predicted octanol–water partition coefficient (Wildman–Crippen LogP) is 3.48. The maximum atomic E-state index is 12.6. The van der Waals surface area contributed by atoms with Crippen molar-refractivity contribution in [2.24, 2.45) is 0 Å². The summed E-state index contributed by atoms with van der Waals surface area (Å²) in [5, 5.41) is 10.8. The van der Waals surface area contributed by atoms with E-state index < -0.39 is 0 Å². The van der Waals surface area contributed by atoms with Crippen LogP contribution in [0, 0.1) is 13.8 Å². The molecule has 0 spiro atoms. The van der Waals surface area contributed by atoms with Gasteiger partial charge >= 0.3 is 0 Å². The van der Waals surface area contributed by atoms with E-state index in [1.807, 2.05) is 19.9 Å². The fourth-order valence-corrected chi connectivity index (χ4v) is 2.49. The highest BCUT2D eigenvalue weighted by molar-refractivity contribution is 6.42. The van der Waals surface area contributed by atoms with Gasteiger partial charge < -0.3 is 0 Å². The molecule has 21 heavy (non-hydrogen) atoms. The number of aryl methyl sites for hydroxylation is 2. The lowest BCUT2D eigenvalue weighted by Gasteiger charge is -2.03. The number of halogens is 2. The lowest BCUT2D eigenvalue weighted by atomic mass is 10.2. The topological polar surface area (TPSA) is 66.5 Å². The first-order valence-corrected chi connectivity index (χ1v) is 7.02. The van der Waals surface area contributed by atoms with Gasteiger partial charge in [0.2, 0.25) is 0 Å². The van der Waals surface area contributed by atoms with Gasteiger partial charge in [-0.05, 0) is 38.1 Å². The van der Waals surface area contributed by atoms with E-state index in [-0.39, 0.29) is 5.56 Å². The quantitative estimate of drug-likeness (QED) is 0.758. The number of H-pyrrole nitrogens is 2. The second-order valence-electron chi connectivity index (χ2n) is 4.79. The molecule has 3 aromatic rings. The molecule has 7 heteroatoms. The summed E-state index contributed by atoms with van der Waals surface area (Å²) < 4.78 is 1.43. The molecule has 0 atom stereocenters. The van der Waals surface area contributed by atoms with E-state index in [0.717, 1.165) is 11.4 Å². The Morgan fingerprint density at radius 1 is 1.14 bits per heavy atom. The molecule has 2 N–H and O–H groups in total. The van der Waals surface area contributed by atoms with Crippen molar-refractivity contribution >= 4 is 23.2 Å². The van der Waals surface area contributed by atoms with Crippen LogP contribution in [-0.4, -0.2) is 20.0 Å². The zero-order valence-electron chi connectivity index (χ0n) is 11.4. The standard InChI is InChI=1S/C14H12Cl2N4O/c1-7-5-12(18-17-7)13-8(2)19-20(14(13)21)9-3-4-10(15)11(16)6-9/h3-6,19H,1-2H3,(H,17,18). The fraction of sp³-hybridized carbons (Fsp3) is 0.143. The van der Waals surface area contributed by atoms with Crippen LogP contribution < -0.4 is 5.56 Å². The van der Waals surface area contributed by atoms with E-state index in [1.165, 1.54) is 4.68 Å². The second kappa shape index (κ2) is 5.09. The number of hydrogen-bond acceptors (Lipinski definition) is 2. The van der Waals surface area contributed by atoms with Crippen LogP contribution in [0.1, 0.15) is 11.4 Å². The minimum atomic E-state index is -0.183. The van der Waals surface area contributed by atoms with Crippen molar-refractivity contribution in [3.8, 4) is 16.9 Å². The normalized spacial score (nSPS) is 11.0. The molecule has 0 saturated carbocycles. The monoisotopic (exact) mass is 322 g/mol. The van der Waals surface area contributed by atoms with E-state index in [1.54, 1.807) is 18.2 Å². The number of benzene rings is 1. The van der Waals surface area contributed by atoms with E-state index in [4.69, 9.17) is 23.2 Å². The van der Waals surface area contributed by atoms with Gasteiger partial charge in [0.15, 0.2) is 0 Å². The second-order valence-corrected chi connectivity index (χ2v) is 5.60. The molecular weight excluding hydrogens is 311 g/mol. The first-order chi connectivity index (χ1) is 9.97. The highest BCUT2D eigenvalue weighted by atomic mass is 35.5. The Balaban J connectivity index is 2.18. The molecule has 0 aliphatic rings. The smallest absolute Gasteiger partial charge is 0.281 e. The summed E-state index contributed by atoms with van der Waals surface area (Å²) >= 11 is 11.9. The van der Waals surface area contributed by atoms with Crippen molar-refractivity contribution < 1.29 is 0 Å². The molecule has 5 nitrogen and oxygen atoms in total. The summed E-state index contributed by atoms with van der Waals surface area (Å²) in [7, 11) is 0. The van der Waals surface area contributed by atoms with Crippen LogP contribution in [0.25, 0.3) is 16.9 Å². The number of nitrogens with one attached hydrogen (secondary N) is 2. The Kier molecular flexibility index (Phi) is 3.39. The summed E-state index contributed by atoms with van der Waals surface area (Å²) in [5.41, 5.74) is 3.22. The average Bonchev–Trinajstić information content (AvgIpc) is 2.97. The first kappa shape index (κ1) is 14.0. The molecule has 0 radical (unpaired) electrons. The minimum absolute atomic E-state index is 0.183. The van der Waals surface area contributed by atoms with E-state index >= 15 is 0 Å². The largest absolute Gasteiger partial charge is 0.295 e. The Morgan fingerprint density at radius 2 is 1.90 bits per heavy atom. The third kappa shape index (κ3) is 2.39. The number of aromatic nitrogens is 4. The Bertz CT molecular complexity index is 875. The third-order valence-electron chi connectivity index (χ3n) is 3.19. The van der Waals surface area contributed by atoms with E-state index in [2.05, 4.69) is 15.3 Å². The molecule has 0 saturated heterocycles. The van der Waals surface area contributed by atoms with Crippen LogP contribution in [-0.2, 0) is 0 Å². The van der Waals surface area contributed by atoms with Crippen molar-refractivity contribution in [2.45, 2.75) is 13.8 Å². The summed E-state index contributed by atoms with van der Waals surface area (Å²) in [6.45, 7) is 3.71. The summed E-state index contributed by atoms with van der Waals surface area (Å²) in [6.07, 6.45) is 0. The fourth-order valence-electron chi connectivity index (χ4n) is 2.20. The summed E-state index contributed by atoms with van der Waals surface area (Å²) in [6, 6.07) is 6.85. The van der Waals surface area contributed by atoms with Crippen molar-refractivity contribution in [1.29, 1.82) is 0 Å². The van der Waals surface area contributed by atoms with E-state index in [0.29, 0.717) is 27.0 Å². The van der Waals surface area contributed by atoms with Gasteiger partial charge in [0, 0.05) is 11.4 Å². The SMILES string of the molecule is Cc1cc(-c2c(C)[nH]n(-c3ccc(Cl)c(Cl)c3)c2=O)n[nH]1. The molecule has 0 aliphatic heterocycles. The van der Waals surface area contributed by atoms with Crippen molar-refractivity contribution in [3.05, 3.63) is 56.1 Å². The highest BCUT2D eigenvalue weighted by Crippen LogP contribution is 2.25. The van der Waals surface area contributed by atoms with Crippen LogP contribution >= 0.6 is 23.2 Å². The van der Waals surface area contributed by atoms with Gasteiger partial charge in [-0.2, -0.15) is 5.10 Å². The lowest BCUT2D eigenvalue weighted by Crippen LogP contribution is -2.15. The van der Waals surface area contributed by atoms with Crippen LogP contribution in [0.4, 0.5) is 0 Å².